The minimum Gasteiger partial charge on any atom is -0.437 e. The molecule has 7 rings (SSSR count). The van der Waals surface area contributed by atoms with E-state index in [1.807, 2.05) is 19.1 Å². The maximum Gasteiger partial charge on any atom is 0.227 e. The van der Waals surface area contributed by atoms with Crippen molar-refractivity contribution in [3.63, 3.8) is 0 Å². The van der Waals surface area contributed by atoms with Crippen LogP contribution in [0.4, 0.5) is 0 Å². The van der Waals surface area contributed by atoms with Crippen LogP contribution in [0.1, 0.15) is 32.0 Å². The molecule has 0 unspecified atom stereocenters. The van der Waals surface area contributed by atoms with E-state index in [1.54, 1.807) is 0 Å². The Kier molecular flexibility index (Phi) is 5.21. The second-order valence-electron chi connectivity index (χ2n) is 11.2. The first-order valence-electron chi connectivity index (χ1n) is 13.4. The third-order valence-electron chi connectivity index (χ3n) is 7.46. The van der Waals surface area contributed by atoms with Crippen molar-refractivity contribution in [1.29, 1.82) is 0 Å². The Bertz CT molecular complexity index is 2010. The number of furan rings is 1. The topological polar surface area (TPSA) is 43.9 Å². The number of pyridine rings is 1. The molecule has 190 valence electrons. The fraction of sp³-hybridized carbons (Fsp3) is 0.143. The zero-order valence-electron chi connectivity index (χ0n) is 22.6. The van der Waals surface area contributed by atoms with E-state index in [1.165, 1.54) is 16.7 Å². The lowest BCUT2D eigenvalue weighted by Gasteiger charge is -2.27. The molecule has 3 heterocycles. The number of fused-ring (bicyclic) bond motifs is 4. The summed E-state index contributed by atoms with van der Waals surface area (Å²) in [5.74, 6) is 0.853. The zero-order chi connectivity index (χ0) is 26.7. The Hall–Kier alpha value is -4.70. The van der Waals surface area contributed by atoms with Crippen molar-refractivity contribution in [3.8, 4) is 28.2 Å². The molecular weight excluding hydrogens is 478 g/mol. The van der Waals surface area contributed by atoms with E-state index in [9.17, 15) is 0 Å². The van der Waals surface area contributed by atoms with E-state index in [4.69, 9.17) is 9.40 Å². The SMILES string of the molecule is Cc1ccc2c(n1)oc1c(-c3nc4ccccc4n3-c3c(-c4ccccc4)cccc3C(C)(C)C)cccc12. The summed E-state index contributed by atoms with van der Waals surface area (Å²) < 4.78 is 8.79. The molecule has 4 nitrogen and oxygen atoms in total. The standard InChI is InChI=1S/C35H29N3O/c1-22-20-21-26-25-15-10-16-27(32(25)39-34(26)36-22)33-37-29-18-8-9-19-30(29)38(33)31-24(23-12-6-5-7-13-23)14-11-17-28(31)35(2,3)4/h5-21H,1-4H3. The Morgan fingerprint density at radius 3 is 2.23 bits per heavy atom. The first-order valence-corrected chi connectivity index (χ1v) is 13.4. The summed E-state index contributed by atoms with van der Waals surface area (Å²) in [6, 6.07) is 36.0. The molecule has 3 aromatic heterocycles. The minimum absolute atomic E-state index is 0.102. The number of benzene rings is 4. The van der Waals surface area contributed by atoms with Gasteiger partial charge < -0.3 is 4.42 Å². The highest BCUT2D eigenvalue weighted by Crippen LogP contribution is 2.42. The fourth-order valence-electron chi connectivity index (χ4n) is 5.62. The van der Waals surface area contributed by atoms with Crippen molar-refractivity contribution in [2.24, 2.45) is 0 Å². The van der Waals surface area contributed by atoms with E-state index in [-0.39, 0.29) is 5.41 Å². The smallest absolute Gasteiger partial charge is 0.227 e. The van der Waals surface area contributed by atoms with Crippen LogP contribution < -0.4 is 0 Å². The molecule has 0 radical (unpaired) electrons. The second kappa shape index (κ2) is 8.67. The Morgan fingerprint density at radius 2 is 1.41 bits per heavy atom. The van der Waals surface area contributed by atoms with Gasteiger partial charge in [-0.1, -0.05) is 93.6 Å². The van der Waals surface area contributed by atoms with E-state index >= 15 is 0 Å². The van der Waals surface area contributed by atoms with Gasteiger partial charge in [0.25, 0.3) is 0 Å². The van der Waals surface area contributed by atoms with Gasteiger partial charge in [0.05, 0.1) is 22.3 Å². The average Bonchev–Trinajstić information content (AvgIpc) is 3.50. The monoisotopic (exact) mass is 507 g/mol. The summed E-state index contributed by atoms with van der Waals surface area (Å²) in [5, 5.41) is 2.06. The van der Waals surface area contributed by atoms with Crippen LogP contribution in [-0.4, -0.2) is 14.5 Å². The van der Waals surface area contributed by atoms with Gasteiger partial charge in [-0.2, -0.15) is 0 Å². The first-order chi connectivity index (χ1) is 18.9. The van der Waals surface area contributed by atoms with Crippen LogP contribution >= 0.6 is 0 Å². The summed E-state index contributed by atoms with van der Waals surface area (Å²) in [7, 11) is 0. The summed E-state index contributed by atoms with van der Waals surface area (Å²) in [5.41, 5.74) is 9.96. The van der Waals surface area contributed by atoms with E-state index in [0.29, 0.717) is 5.71 Å². The largest absolute Gasteiger partial charge is 0.437 e. The third-order valence-corrected chi connectivity index (χ3v) is 7.46. The van der Waals surface area contributed by atoms with Gasteiger partial charge in [0.2, 0.25) is 5.71 Å². The Balaban J connectivity index is 1.63. The van der Waals surface area contributed by atoms with Crippen LogP contribution in [0.5, 0.6) is 0 Å². The van der Waals surface area contributed by atoms with Crippen molar-refractivity contribution in [2.45, 2.75) is 33.1 Å². The quantitative estimate of drug-likeness (QED) is 0.239. The molecule has 4 heteroatoms. The molecule has 0 amide bonds. The van der Waals surface area contributed by atoms with Crippen LogP contribution in [0.25, 0.3) is 61.3 Å². The van der Waals surface area contributed by atoms with Gasteiger partial charge in [-0.15, -0.1) is 0 Å². The second-order valence-corrected chi connectivity index (χ2v) is 11.2. The van der Waals surface area contributed by atoms with Crippen molar-refractivity contribution in [3.05, 3.63) is 114 Å². The summed E-state index contributed by atoms with van der Waals surface area (Å²) in [4.78, 5) is 9.91. The number of imidazole rings is 1. The molecule has 0 saturated heterocycles. The van der Waals surface area contributed by atoms with Crippen molar-refractivity contribution >= 4 is 33.1 Å². The minimum atomic E-state index is -0.102. The predicted octanol–water partition coefficient (Wildman–Crippen LogP) is 9.26. The van der Waals surface area contributed by atoms with Gasteiger partial charge in [-0.3, -0.25) is 4.57 Å². The molecule has 0 atom stereocenters. The highest BCUT2D eigenvalue weighted by molar-refractivity contribution is 6.08. The van der Waals surface area contributed by atoms with Crippen LogP contribution in [0.15, 0.2) is 108 Å². The number of para-hydroxylation sites is 4. The Labute approximate surface area is 227 Å². The lowest BCUT2D eigenvalue weighted by atomic mass is 9.83. The lowest BCUT2D eigenvalue weighted by molar-refractivity contribution is 0.587. The summed E-state index contributed by atoms with van der Waals surface area (Å²) >= 11 is 0. The van der Waals surface area contributed by atoms with E-state index < -0.39 is 0 Å². The predicted molar refractivity (Wildman–Crippen MR) is 160 cm³/mol. The average molecular weight is 508 g/mol. The molecular formula is C35H29N3O. The first kappa shape index (κ1) is 23.4. The van der Waals surface area contributed by atoms with Gasteiger partial charge in [-0.25, -0.2) is 9.97 Å². The summed E-state index contributed by atoms with van der Waals surface area (Å²) in [6.07, 6.45) is 0. The number of aromatic nitrogens is 3. The molecule has 0 aliphatic heterocycles. The maximum absolute atomic E-state index is 6.45. The fourth-order valence-corrected chi connectivity index (χ4v) is 5.62. The van der Waals surface area contributed by atoms with Gasteiger partial charge in [0.15, 0.2) is 0 Å². The van der Waals surface area contributed by atoms with Crippen molar-refractivity contribution in [2.75, 3.05) is 0 Å². The van der Waals surface area contributed by atoms with Crippen LogP contribution in [0.3, 0.4) is 0 Å². The van der Waals surface area contributed by atoms with E-state index in [0.717, 1.165) is 50.2 Å². The molecule has 0 aliphatic rings. The van der Waals surface area contributed by atoms with Crippen molar-refractivity contribution < 1.29 is 4.42 Å². The molecule has 0 aliphatic carbocycles. The number of rotatable bonds is 3. The number of nitrogens with zero attached hydrogens (tertiary/aromatic N) is 3. The molecule has 0 bridgehead atoms. The Morgan fingerprint density at radius 1 is 0.667 bits per heavy atom. The van der Waals surface area contributed by atoms with Gasteiger partial charge in [-0.05, 0) is 53.8 Å². The number of hydrogen-bond acceptors (Lipinski definition) is 3. The molecule has 0 saturated carbocycles. The maximum atomic E-state index is 6.45. The number of hydrogen-bond donors (Lipinski definition) is 0. The zero-order valence-corrected chi connectivity index (χ0v) is 22.6. The molecule has 39 heavy (non-hydrogen) atoms. The molecule has 4 aromatic carbocycles. The molecule has 7 aromatic rings. The highest BCUT2D eigenvalue weighted by atomic mass is 16.3. The van der Waals surface area contributed by atoms with Gasteiger partial charge in [0, 0.05) is 22.0 Å². The van der Waals surface area contributed by atoms with Crippen LogP contribution in [0.2, 0.25) is 0 Å². The van der Waals surface area contributed by atoms with E-state index in [2.05, 4.69) is 121 Å². The highest BCUT2D eigenvalue weighted by Gasteiger charge is 2.27. The summed E-state index contributed by atoms with van der Waals surface area (Å²) in [6.45, 7) is 8.80. The van der Waals surface area contributed by atoms with Gasteiger partial charge in [0.1, 0.15) is 11.4 Å². The number of aryl methyl sites for hydroxylation is 1. The normalized spacial score (nSPS) is 12.1. The molecule has 0 fully saturated rings. The van der Waals surface area contributed by atoms with Crippen LogP contribution in [-0.2, 0) is 5.41 Å². The van der Waals surface area contributed by atoms with Crippen molar-refractivity contribution in [1.82, 2.24) is 14.5 Å². The van der Waals surface area contributed by atoms with Gasteiger partial charge >= 0.3 is 0 Å². The molecule has 0 spiro atoms. The molecule has 0 N–H and O–H groups in total. The lowest BCUT2D eigenvalue weighted by Crippen LogP contribution is -2.16. The third kappa shape index (κ3) is 3.75. The van der Waals surface area contributed by atoms with Crippen LogP contribution in [0, 0.1) is 6.92 Å².